The Kier molecular flexibility index (Phi) is 5.31. The number of nitrogens with one attached hydrogen (secondary N) is 2. The van der Waals surface area contributed by atoms with Gasteiger partial charge in [-0.1, -0.05) is 6.07 Å². The first-order chi connectivity index (χ1) is 14.1. The molecule has 1 aliphatic rings. The number of carbonyl (C=O) groups is 1. The molecule has 0 radical (unpaired) electrons. The van der Waals surface area contributed by atoms with Crippen molar-refractivity contribution in [1.29, 1.82) is 0 Å². The predicted molar refractivity (Wildman–Crippen MR) is 111 cm³/mol. The Morgan fingerprint density at radius 2 is 2.03 bits per heavy atom. The summed E-state index contributed by atoms with van der Waals surface area (Å²) in [5.74, 6) is 0.555. The molecule has 0 aliphatic heterocycles. The number of hydrogen-bond donors (Lipinski definition) is 3. The summed E-state index contributed by atoms with van der Waals surface area (Å²) in [6.07, 6.45) is 6.01. The number of amides is 2. The van der Waals surface area contributed by atoms with Gasteiger partial charge in [0.1, 0.15) is 0 Å². The Hall–Kier alpha value is -3.19. The van der Waals surface area contributed by atoms with Crippen molar-refractivity contribution in [2.24, 2.45) is 0 Å². The zero-order chi connectivity index (χ0) is 20.3. The number of aliphatic hydroxyl groups is 1. The molecule has 29 heavy (non-hydrogen) atoms. The van der Waals surface area contributed by atoms with Crippen LogP contribution in [0.1, 0.15) is 31.2 Å². The average Bonchev–Trinajstić information content (AvgIpc) is 2.75. The van der Waals surface area contributed by atoms with E-state index in [4.69, 9.17) is 4.74 Å². The summed E-state index contributed by atoms with van der Waals surface area (Å²) in [7, 11) is 1.58. The first-order valence-electron chi connectivity index (χ1n) is 9.71. The second-order valence-electron chi connectivity index (χ2n) is 7.41. The maximum atomic E-state index is 12.4. The molecule has 1 aromatic carbocycles. The second-order valence-corrected chi connectivity index (χ2v) is 7.41. The summed E-state index contributed by atoms with van der Waals surface area (Å²) in [6.45, 7) is 0. The molecule has 0 bridgehead atoms. The Balaban J connectivity index is 1.34. The minimum atomic E-state index is -0.866. The summed E-state index contributed by atoms with van der Waals surface area (Å²) in [4.78, 5) is 20.9. The number of fused-ring (bicyclic) bond motifs is 1. The topological polar surface area (TPSA) is 96.4 Å². The van der Waals surface area contributed by atoms with Crippen LogP contribution in [-0.2, 0) is 5.60 Å². The van der Waals surface area contributed by atoms with Gasteiger partial charge in [0.05, 0.1) is 18.2 Å². The van der Waals surface area contributed by atoms with E-state index in [0.29, 0.717) is 37.3 Å². The van der Waals surface area contributed by atoms with E-state index in [-0.39, 0.29) is 12.1 Å². The van der Waals surface area contributed by atoms with Crippen molar-refractivity contribution in [3.05, 3.63) is 60.4 Å². The summed E-state index contributed by atoms with van der Waals surface area (Å²) < 4.78 is 5.13. The van der Waals surface area contributed by atoms with Crippen molar-refractivity contribution in [3.63, 3.8) is 0 Å². The van der Waals surface area contributed by atoms with E-state index in [1.807, 2.05) is 36.4 Å². The number of methoxy groups -OCH3 is 1. The Bertz CT molecular complexity index is 1000. The van der Waals surface area contributed by atoms with Gasteiger partial charge in [-0.25, -0.2) is 9.78 Å². The third-order valence-corrected chi connectivity index (χ3v) is 5.48. The molecular weight excluding hydrogens is 368 g/mol. The lowest BCUT2D eigenvalue weighted by molar-refractivity contribution is -0.00746. The molecular formula is C22H24N4O3. The Morgan fingerprint density at radius 3 is 2.76 bits per heavy atom. The van der Waals surface area contributed by atoms with E-state index in [9.17, 15) is 9.90 Å². The van der Waals surface area contributed by atoms with Crippen LogP contribution in [0, 0.1) is 0 Å². The molecule has 3 aromatic rings. The number of rotatable bonds is 4. The minimum absolute atomic E-state index is 0.0262. The van der Waals surface area contributed by atoms with Gasteiger partial charge in [0.15, 0.2) is 0 Å². The van der Waals surface area contributed by atoms with E-state index in [1.165, 1.54) is 0 Å². The number of urea groups is 1. The maximum absolute atomic E-state index is 12.4. The fraction of sp³-hybridized carbons (Fsp3) is 0.318. The molecule has 3 N–H and O–H groups in total. The molecule has 1 aliphatic carbocycles. The molecule has 2 amide bonds. The molecule has 150 valence electrons. The van der Waals surface area contributed by atoms with Crippen LogP contribution in [0.25, 0.3) is 10.9 Å². The fourth-order valence-corrected chi connectivity index (χ4v) is 3.82. The molecule has 0 unspecified atom stereocenters. The zero-order valence-electron chi connectivity index (χ0n) is 16.3. The first kappa shape index (κ1) is 19.1. The van der Waals surface area contributed by atoms with Gasteiger partial charge in [0, 0.05) is 41.1 Å². The Labute approximate surface area is 169 Å². The quantitative estimate of drug-likeness (QED) is 0.631. The number of aromatic nitrogens is 2. The van der Waals surface area contributed by atoms with E-state index >= 15 is 0 Å². The van der Waals surface area contributed by atoms with Crippen LogP contribution in [0.3, 0.4) is 0 Å². The lowest BCUT2D eigenvalue weighted by Gasteiger charge is -2.36. The molecule has 7 nitrogen and oxygen atoms in total. The molecule has 7 heteroatoms. The van der Waals surface area contributed by atoms with Crippen LogP contribution in [0.15, 0.2) is 54.9 Å². The van der Waals surface area contributed by atoms with Gasteiger partial charge in [-0.15, -0.1) is 0 Å². The van der Waals surface area contributed by atoms with Gasteiger partial charge < -0.3 is 20.5 Å². The van der Waals surface area contributed by atoms with Crippen molar-refractivity contribution < 1.29 is 14.6 Å². The highest BCUT2D eigenvalue weighted by Crippen LogP contribution is 2.36. The number of pyridine rings is 2. The second kappa shape index (κ2) is 8.05. The molecule has 0 saturated heterocycles. The normalized spacial score (nSPS) is 21.5. The van der Waals surface area contributed by atoms with Crippen molar-refractivity contribution in [2.45, 2.75) is 37.3 Å². The van der Waals surface area contributed by atoms with E-state index in [0.717, 1.165) is 16.5 Å². The lowest BCUT2D eigenvalue weighted by Crippen LogP contribution is -2.43. The van der Waals surface area contributed by atoms with Crippen LogP contribution in [-0.4, -0.2) is 34.3 Å². The van der Waals surface area contributed by atoms with Gasteiger partial charge in [-0.3, -0.25) is 4.98 Å². The summed E-state index contributed by atoms with van der Waals surface area (Å²) >= 11 is 0. The average molecular weight is 392 g/mol. The van der Waals surface area contributed by atoms with Gasteiger partial charge in [0.25, 0.3) is 0 Å². The van der Waals surface area contributed by atoms with Gasteiger partial charge >= 0.3 is 6.03 Å². The van der Waals surface area contributed by atoms with Crippen LogP contribution in [0.2, 0.25) is 0 Å². The third kappa shape index (κ3) is 4.30. The van der Waals surface area contributed by atoms with E-state index in [1.54, 1.807) is 25.6 Å². The van der Waals surface area contributed by atoms with Crippen molar-refractivity contribution in [1.82, 2.24) is 15.3 Å². The first-order valence-corrected chi connectivity index (χ1v) is 9.71. The molecule has 0 spiro atoms. The van der Waals surface area contributed by atoms with Gasteiger partial charge in [-0.05, 0) is 56.0 Å². The predicted octanol–water partition coefficient (Wildman–Crippen LogP) is 3.59. The number of nitrogens with zero attached hydrogens (tertiary/aromatic N) is 2. The molecule has 2 heterocycles. The molecule has 4 rings (SSSR count). The number of benzene rings is 1. The minimum Gasteiger partial charge on any atom is -0.481 e. The number of carbonyl (C=O) groups excluding carboxylic acids is 1. The highest BCUT2D eigenvalue weighted by Gasteiger charge is 2.35. The van der Waals surface area contributed by atoms with Crippen molar-refractivity contribution in [2.75, 3.05) is 12.4 Å². The standard InChI is InChI=1S/C22H24N4O3/c1-29-20-7-4-15-13-18(5-6-19(15)26-20)25-21(27)24-17-8-10-22(28,11-9-17)16-3-2-12-23-14-16/h2-7,12-14,17,28H,8-11H2,1H3,(H2,24,25,27). The van der Waals surface area contributed by atoms with Crippen molar-refractivity contribution >= 4 is 22.6 Å². The van der Waals surface area contributed by atoms with Crippen LogP contribution in [0.4, 0.5) is 10.5 Å². The van der Waals surface area contributed by atoms with E-state index < -0.39 is 5.60 Å². The zero-order valence-corrected chi connectivity index (χ0v) is 16.3. The number of hydrogen-bond acceptors (Lipinski definition) is 5. The summed E-state index contributed by atoms with van der Waals surface area (Å²) in [5, 5.41) is 17.7. The summed E-state index contributed by atoms with van der Waals surface area (Å²) in [6, 6.07) is 12.8. The van der Waals surface area contributed by atoms with Crippen molar-refractivity contribution in [3.8, 4) is 5.88 Å². The molecule has 0 atom stereocenters. The van der Waals surface area contributed by atoms with Crippen LogP contribution in [0.5, 0.6) is 5.88 Å². The summed E-state index contributed by atoms with van der Waals surface area (Å²) in [5.41, 5.74) is 1.47. The highest BCUT2D eigenvalue weighted by atomic mass is 16.5. The monoisotopic (exact) mass is 392 g/mol. The largest absolute Gasteiger partial charge is 0.481 e. The third-order valence-electron chi connectivity index (χ3n) is 5.48. The SMILES string of the molecule is COc1ccc2cc(NC(=O)NC3CCC(O)(c4cccnc4)CC3)ccc2n1. The van der Waals surface area contributed by atoms with Crippen LogP contribution >= 0.6 is 0 Å². The fourth-order valence-electron chi connectivity index (χ4n) is 3.82. The van der Waals surface area contributed by atoms with Crippen LogP contribution < -0.4 is 15.4 Å². The van der Waals surface area contributed by atoms with Gasteiger partial charge in [-0.2, -0.15) is 0 Å². The molecule has 1 saturated carbocycles. The van der Waals surface area contributed by atoms with E-state index in [2.05, 4.69) is 20.6 Å². The lowest BCUT2D eigenvalue weighted by atomic mass is 9.78. The highest BCUT2D eigenvalue weighted by molar-refractivity contribution is 5.92. The number of anilines is 1. The maximum Gasteiger partial charge on any atom is 0.319 e. The smallest absolute Gasteiger partial charge is 0.319 e. The Morgan fingerprint density at radius 1 is 1.21 bits per heavy atom. The van der Waals surface area contributed by atoms with Gasteiger partial charge in [0.2, 0.25) is 5.88 Å². The molecule has 1 fully saturated rings. The molecule has 2 aromatic heterocycles. The number of ether oxygens (including phenoxy) is 1.